The van der Waals surface area contributed by atoms with Gasteiger partial charge in [0.2, 0.25) is 6.33 Å². The number of aryl methyl sites for hydroxylation is 2. The normalized spacial score (nSPS) is 11.5. The van der Waals surface area contributed by atoms with Gasteiger partial charge in [0.1, 0.15) is 12.4 Å². The first-order chi connectivity index (χ1) is 19.4. The summed E-state index contributed by atoms with van der Waals surface area (Å²) in [6, 6.07) is 0. The average Bonchev–Trinajstić information content (AvgIpc) is 3.40. The highest BCUT2D eigenvalue weighted by Gasteiger charge is 2.04. The topological polar surface area (TPSA) is 8.81 Å². The monoisotopic (exact) mass is 546 g/mol. The first-order valence-electron chi connectivity index (χ1n) is 18.4. The van der Waals surface area contributed by atoms with E-state index in [9.17, 15) is 0 Å². The summed E-state index contributed by atoms with van der Waals surface area (Å²) in [6.45, 7) is 7.01. The number of hydrogen-bond acceptors (Lipinski definition) is 0. The minimum Gasteiger partial charge on any atom is -0.237 e. The van der Waals surface area contributed by atoms with Crippen molar-refractivity contribution in [1.29, 1.82) is 0 Å². The second-order valence-electron chi connectivity index (χ2n) is 12.8. The van der Waals surface area contributed by atoms with Gasteiger partial charge in [0, 0.05) is 0 Å². The molecule has 0 atom stereocenters. The molecule has 0 N–H and O–H groups in total. The van der Waals surface area contributed by atoms with E-state index in [0.29, 0.717) is 0 Å². The number of nitrogens with zero attached hydrogens (tertiary/aromatic N) is 2. The summed E-state index contributed by atoms with van der Waals surface area (Å²) in [4.78, 5) is 0. The van der Waals surface area contributed by atoms with Gasteiger partial charge in [-0.2, -0.15) is 0 Å². The van der Waals surface area contributed by atoms with Gasteiger partial charge in [0.15, 0.2) is 0 Å². The third-order valence-corrected chi connectivity index (χ3v) is 8.79. The minimum atomic E-state index is 1.20. The molecule has 1 rings (SSSR count). The molecular weight excluding hydrogens is 472 g/mol. The van der Waals surface area contributed by atoms with Crippen molar-refractivity contribution in [1.82, 2.24) is 4.57 Å². The van der Waals surface area contributed by atoms with Crippen LogP contribution in [0.4, 0.5) is 0 Å². The molecule has 0 aliphatic carbocycles. The molecule has 0 saturated heterocycles. The minimum absolute atomic E-state index is 1.20. The van der Waals surface area contributed by atoms with Crippen LogP contribution in [-0.4, -0.2) is 4.57 Å². The number of aromatic nitrogens is 2. The molecule has 0 fully saturated rings. The van der Waals surface area contributed by atoms with Crippen molar-refractivity contribution in [2.45, 2.75) is 220 Å². The van der Waals surface area contributed by atoms with Crippen molar-refractivity contribution in [2.24, 2.45) is 0 Å². The highest BCUT2D eigenvalue weighted by atomic mass is 15.1. The standard InChI is InChI=1S/C37H73N2/c1-3-5-7-9-11-13-15-17-18-19-20-22-24-26-28-30-32-34-39-36-35-38(37-39)33-31-29-27-25-23-21-16-14-12-10-8-6-4-2/h35-37H,3-34H2,1-2H3/q+1. The lowest BCUT2D eigenvalue weighted by Crippen LogP contribution is -2.30. The molecule has 0 aliphatic rings. The van der Waals surface area contributed by atoms with Gasteiger partial charge >= 0.3 is 0 Å². The Hall–Kier alpha value is -0.790. The second kappa shape index (κ2) is 30.2. The first kappa shape index (κ1) is 36.2. The molecule has 1 aromatic heterocycles. The van der Waals surface area contributed by atoms with Crippen LogP contribution < -0.4 is 4.57 Å². The van der Waals surface area contributed by atoms with Crippen LogP contribution in [0.5, 0.6) is 0 Å². The van der Waals surface area contributed by atoms with Crippen LogP contribution in [0.15, 0.2) is 18.7 Å². The molecule has 0 aliphatic heterocycles. The van der Waals surface area contributed by atoms with Crippen LogP contribution in [-0.2, 0) is 13.1 Å². The van der Waals surface area contributed by atoms with Crippen molar-refractivity contribution in [2.75, 3.05) is 0 Å². The Bertz CT molecular complexity index is 578. The Morgan fingerprint density at radius 1 is 0.385 bits per heavy atom. The van der Waals surface area contributed by atoms with Crippen LogP contribution >= 0.6 is 0 Å². The van der Waals surface area contributed by atoms with Crippen LogP contribution in [0.2, 0.25) is 0 Å². The van der Waals surface area contributed by atoms with Crippen molar-refractivity contribution in [3.05, 3.63) is 18.7 Å². The average molecular weight is 546 g/mol. The molecule has 1 heterocycles. The zero-order chi connectivity index (χ0) is 27.9. The van der Waals surface area contributed by atoms with E-state index < -0.39 is 0 Å². The largest absolute Gasteiger partial charge is 0.243 e. The van der Waals surface area contributed by atoms with Crippen LogP contribution in [0.1, 0.15) is 206 Å². The summed E-state index contributed by atoms with van der Waals surface area (Å²) in [6.07, 6.45) is 50.2. The maximum Gasteiger partial charge on any atom is 0.243 e. The second-order valence-corrected chi connectivity index (χ2v) is 12.8. The summed E-state index contributed by atoms with van der Waals surface area (Å²) in [5, 5.41) is 0. The van der Waals surface area contributed by atoms with Crippen LogP contribution in [0.3, 0.4) is 0 Å². The van der Waals surface area contributed by atoms with E-state index in [2.05, 4.69) is 41.7 Å². The summed E-state index contributed by atoms with van der Waals surface area (Å²) in [5.41, 5.74) is 0. The lowest BCUT2D eigenvalue weighted by molar-refractivity contribution is -0.696. The number of hydrogen-bond donors (Lipinski definition) is 0. The van der Waals surface area contributed by atoms with Crippen molar-refractivity contribution >= 4 is 0 Å². The Morgan fingerprint density at radius 3 is 1.05 bits per heavy atom. The van der Waals surface area contributed by atoms with Gasteiger partial charge in [0.05, 0.1) is 13.1 Å². The molecule has 0 aromatic carbocycles. The summed E-state index contributed by atoms with van der Waals surface area (Å²) in [5.74, 6) is 0. The fraction of sp³-hybridized carbons (Fsp3) is 0.919. The van der Waals surface area contributed by atoms with Crippen molar-refractivity contribution in [3.8, 4) is 0 Å². The summed E-state index contributed by atoms with van der Waals surface area (Å²) >= 11 is 0. The van der Waals surface area contributed by atoms with E-state index in [4.69, 9.17) is 0 Å². The van der Waals surface area contributed by atoms with E-state index >= 15 is 0 Å². The predicted molar refractivity (Wildman–Crippen MR) is 174 cm³/mol. The van der Waals surface area contributed by atoms with Gasteiger partial charge in [-0.1, -0.05) is 181 Å². The Balaban J connectivity index is 1.79. The molecule has 0 amide bonds. The Labute approximate surface area is 247 Å². The molecule has 0 spiro atoms. The van der Waals surface area contributed by atoms with E-state index in [1.807, 2.05) is 0 Å². The molecule has 2 nitrogen and oxygen atoms in total. The zero-order valence-corrected chi connectivity index (χ0v) is 27.3. The molecule has 0 unspecified atom stereocenters. The highest BCUT2D eigenvalue weighted by molar-refractivity contribution is 4.66. The van der Waals surface area contributed by atoms with Crippen molar-refractivity contribution in [3.63, 3.8) is 0 Å². The van der Waals surface area contributed by atoms with Gasteiger partial charge in [-0.3, -0.25) is 0 Å². The lowest BCUT2D eigenvalue weighted by atomic mass is 10.0. The maximum absolute atomic E-state index is 2.41. The number of imidazole rings is 1. The molecule has 0 bridgehead atoms. The molecule has 230 valence electrons. The predicted octanol–water partition coefficient (Wildman–Crippen LogP) is 12.5. The van der Waals surface area contributed by atoms with Gasteiger partial charge in [-0.15, -0.1) is 0 Å². The van der Waals surface area contributed by atoms with E-state index in [0.717, 1.165) is 0 Å². The fourth-order valence-corrected chi connectivity index (χ4v) is 6.03. The third-order valence-electron chi connectivity index (χ3n) is 8.79. The van der Waals surface area contributed by atoms with Gasteiger partial charge in [0.25, 0.3) is 0 Å². The van der Waals surface area contributed by atoms with E-state index in [-0.39, 0.29) is 0 Å². The number of unbranched alkanes of at least 4 members (excludes halogenated alkanes) is 28. The van der Waals surface area contributed by atoms with Gasteiger partial charge in [-0.25, -0.2) is 9.13 Å². The lowest BCUT2D eigenvalue weighted by Gasteiger charge is -2.03. The summed E-state index contributed by atoms with van der Waals surface area (Å²) < 4.78 is 4.82. The zero-order valence-electron chi connectivity index (χ0n) is 27.3. The molecule has 1 aromatic rings. The molecule has 0 radical (unpaired) electrons. The quantitative estimate of drug-likeness (QED) is 0.0628. The van der Waals surface area contributed by atoms with Gasteiger partial charge < -0.3 is 0 Å². The number of rotatable bonds is 32. The highest BCUT2D eigenvalue weighted by Crippen LogP contribution is 2.15. The smallest absolute Gasteiger partial charge is 0.237 e. The van der Waals surface area contributed by atoms with Gasteiger partial charge in [-0.05, 0) is 25.7 Å². The van der Waals surface area contributed by atoms with E-state index in [1.54, 1.807) is 0 Å². The Kier molecular flexibility index (Phi) is 28.0. The first-order valence-corrected chi connectivity index (χ1v) is 18.4. The van der Waals surface area contributed by atoms with E-state index in [1.165, 1.54) is 206 Å². The SMILES string of the molecule is CCCCCCCCCCCCCCCCCCC[n+]1ccn(CCCCCCCCCCCCCCC)c1. The maximum atomic E-state index is 2.41. The van der Waals surface area contributed by atoms with Crippen LogP contribution in [0.25, 0.3) is 0 Å². The van der Waals surface area contributed by atoms with Crippen molar-refractivity contribution < 1.29 is 4.57 Å². The van der Waals surface area contributed by atoms with Crippen LogP contribution in [0, 0.1) is 0 Å². The Morgan fingerprint density at radius 2 is 0.692 bits per heavy atom. The summed E-state index contributed by atoms with van der Waals surface area (Å²) in [7, 11) is 0. The molecule has 2 heteroatoms. The fourth-order valence-electron chi connectivity index (χ4n) is 6.03. The molecule has 0 saturated carbocycles. The molecular formula is C37H73N2+. The molecule has 39 heavy (non-hydrogen) atoms. The third kappa shape index (κ3) is 25.9.